The van der Waals surface area contributed by atoms with E-state index in [2.05, 4.69) is 10.3 Å². The molecule has 8 nitrogen and oxygen atoms in total. The van der Waals surface area contributed by atoms with Crippen molar-refractivity contribution in [3.8, 4) is 5.69 Å². The Hall–Kier alpha value is -3.43. The quantitative estimate of drug-likeness (QED) is 0.457. The topological polar surface area (TPSA) is 106 Å². The zero-order valence-corrected chi connectivity index (χ0v) is 16.3. The van der Waals surface area contributed by atoms with Crippen LogP contribution in [0.25, 0.3) is 5.69 Å². The predicted octanol–water partition coefficient (Wildman–Crippen LogP) is 2.28. The fourth-order valence-corrected chi connectivity index (χ4v) is 3.45. The molecule has 9 heteroatoms. The molecule has 0 aliphatic carbocycles. The van der Waals surface area contributed by atoms with Gasteiger partial charge in [-0.2, -0.15) is 0 Å². The molecule has 0 aliphatic heterocycles. The number of benzene rings is 2. The number of para-hydroxylation sites is 1. The minimum atomic E-state index is -4.03. The van der Waals surface area contributed by atoms with Crippen LogP contribution in [-0.4, -0.2) is 31.5 Å². The average Bonchev–Trinajstić information content (AvgIpc) is 3.27. The van der Waals surface area contributed by atoms with Gasteiger partial charge in [0.05, 0.1) is 28.3 Å². The van der Waals surface area contributed by atoms with Crippen LogP contribution in [0.2, 0.25) is 0 Å². The van der Waals surface area contributed by atoms with Crippen molar-refractivity contribution in [1.82, 2.24) is 14.8 Å². The molecule has 0 bridgehead atoms. The van der Waals surface area contributed by atoms with Gasteiger partial charge in [0, 0.05) is 12.4 Å². The number of sulfonamides is 1. The maximum absolute atomic E-state index is 12.5. The Kier molecular flexibility index (Phi) is 6.10. The molecule has 0 spiro atoms. The second-order valence-corrected chi connectivity index (χ2v) is 7.59. The Morgan fingerprint density at radius 1 is 0.966 bits per heavy atom. The van der Waals surface area contributed by atoms with E-state index in [1.54, 1.807) is 48.1 Å². The van der Waals surface area contributed by atoms with Gasteiger partial charge in [-0.15, -0.1) is 4.83 Å². The number of esters is 1. The van der Waals surface area contributed by atoms with Crippen LogP contribution in [0.5, 0.6) is 0 Å². The highest BCUT2D eigenvalue weighted by atomic mass is 32.2. The standard InChI is InChI=1S/C20H19N3O5S/c1-2-28-20(25)15-9-11-16(12-10-15)29(26,27)22-21-19(24)17-7-3-4-8-18(17)23-13-5-6-14-23/h3-14,22H,2H2,1H3,(H,21,24). The first kappa shape index (κ1) is 20.3. The van der Waals surface area contributed by atoms with Gasteiger partial charge in [-0.25, -0.2) is 13.2 Å². The molecular weight excluding hydrogens is 394 g/mol. The lowest BCUT2D eigenvalue weighted by molar-refractivity contribution is 0.0526. The molecule has 0 aliphatic rings. The molecule has 3 aromatic rings. The molecule has 0 unspecified atom stereocenters. The predicted molar refractivity (Wildman–Crippen MR) is 106 cm³/mol. The number of hydrogen-bond acceptors (Lipinski definition) is 5. The number of aromatic nitrogens is 1. The summed E-state index contributed by atoms with van der Waals surface area (Å²) in [6.45, 7) is 1.90. The fourth-order valence-electron chi connectivity index (χ4n) is 2.61. The van der Waals surface area contributed by atoms with Gasteiger partial charge in [-0.1, -0.05) is 12.1 Å². The Bertz CT molecular complexity index is 1110. The molecule has 3 rings (SSSR count). The number of hydrazine groups is 1. The van der Waals surface area contributed by atoms with Crippen molar-refractivity contribution in [3.05, 3.63) is 84.2 Å². The Labute approximate surface area is 168 Å². The SMILES string of the molecule is CCOC(=O)c1ccc(S(=O)(=O)NNC(=O)c2ccccc2-n2cccc2)cc1. The fraction of sp³-hybridized carbons (Fsp3) is 0.100. The van der Waals surface area contributed by atoms with Crippen LogP contribution in [0.4, 0.5) is 0 Å². The van der Waals surface area contributed by atoms with E-state index >= 15 is 0 Å². The maximum atomic E-state index is 12.5. The highest BCUT2D eigenvalue weighted by Crippen LogP contribution is 2.15. The van der Waals surface area contributed by atoms with Crippen molar-refractivity contribution >= 4 is 21.9 Å². The summed E-state index contributed by atoms with van der Waals surface area (Å²) in [4.78, 5) is 26.2. The number of carbonyl (C=O) groups is 2. The molecule has 1 aromatic heterocycles. The summed E-state index contributed by atoms with van der Waals surface area (Å²) in [5.74, 6) is -1.15. The van der Waals surface area contributed by atoms with E-state index in [4.69, 9.17) is 4.74 Å². The third kappa shape index (κ3) is 4.71. The molecular formula is C20H19N3O5S. The number of amides is 1. The molecule has 1 amide bonds. The number of rotatable bonds is 7. The molecule has 0 saturated carbocycles. The van der Waals surface area contributed by atoms with Gasteiger partial charge >= 0.3 is 5.97 Å². The lowest BCUT2D eigenvalue weighted by Crippen LogP contribution is -2.41. The highest BCUT2D eigenvalue weighted by molar-refractivity contribution is 7.89. The number of nitrogens with one attached hydrogen (secondary N) is 2. The first-order valence-electron chi connectivity index (χ1n) is 8.74. The van der Waals surface area contributed by atoms with E-state index in [9.17, 15) is 18.0 Å². The van der Waals surface area contributed by atoms with E-state index in [0.29, 0.717) is 11.3 Å². The van der Waals surface area contributed by atoms with Crippen LogP contribution in [0.1, 0.15) is 27.6 Å². The molecule has 0 atom stereocenters. The van der Waals surface area contributed by atoms with Gasteiger partial charge in [0.25, 0.3) is 15.9 Å². The maximum Gasteiger partial charge on any atom is 0.338 e. The highest BCUT2D eigenvalue weighted by Gasteiger charge is 2.18. The van der Waals surface area contributed by atoms with Crippen molar-refractivity contribution in [2.75, 3.05) is 6.61 Å². The van der Waals surface area contributed by atoms with E-state index in [-0.39, 0.29) is 17.1 Å². The van der Waals surface area contributed by atoms with Crippen molar-refractivity contribution in [2.45, 2.75) is 11.8 Å². The minimum Gasteiger partial charge on any atom is -0.462 e. The van der Waals surface area contributed by atoms with Crippen LogP contribution >= 0.6 is 0 Å². The summed E-state index contributed by atoms with van der Waals surface area (Å²) in [6, 6.07) is 15.6. The summed E-state index contributed by atoms with van der Waals surface area (Å²) >= 11 is 0. The van der Waals surface area contributed by atoms with Gasteiger partial charge in [0.15, 0.2) is 0 Å². The van der Waals surface area contributed by atoms with Crippen molar-refractivity contribution in [2.24, 2.45) is 0 Å². The number of carbonyl (C=O) groups excluding carboxylic acids is 2. The molecule has 0 saturated heterocycles. The van der Waals surface area contributed by atoms with E-state index in [0.717, 1.165) is 0 Å². The zero-order chi connectivity index (χ0) is 20.9. The molecule has 0 radical (unpaired) electrons. The largest absolute Gasteiger partial charge is 0.462 e. The summed E-state index contributed by atoms with van der Waals surface area (Å²) in [5, 5.41) is 0. The number of nitrogens with zero attached hydrogens (tertiary/aromatic N) is 1. The van der Waals surface area contributed by atoms with Crippen LogP contribution in [0.15, 0.2) is 78.0 Å². The third-order valence-corrected chi connectivity index (χ3v) is 5.27. The van der Waals surface area contributed by atoms with E-state index in [1.165, 1.54) is 24.3 Å². The third-order valence-electron chi connectivity index (χ3n) is 4.01. The van der Waals surface area contributed by atoms with Crippen LogP contribution in [-0.2, 0) is 14.8 Å². The monoisotopic (exact) mass is 413 g/mol. The normalized spacial score (nSPS) is 11.1. The summed E-state index contributed by atoms with van der Waals surface area (Å²) in [7, 11) is -4.03. The lowest BCUT2D eigenvalue weighted by atomic mass is 10.1. The van der Waals surface area contributed by atoms with E-state index < -0.39 is 21.9 Å². The molecule has 1 heterocycles. The second-order valence-electron chi connectivity index (χ2n) is 5.91. The number of hydrogen-bond donors (Lipinski definition) is 2. The molecule has 2 N–H and O–H groups in total. The van der Waals surface area contributed by atoms with Gasteiger partial charge in [-0.05, 0) is 55.5 Å². The molecule has 29 heavy (non-hydrogen) atoms. The molecule has 2 aromatic carbocycles. The van der Waals surface area contributed by atoms with Crippen molar-refractivity contribution < 1.29 is 22.7 Å². The Balaban J connectivity index is 1.73. The minimum absolute atomic E-state index is 0.107. The first-order chi connectivity index (χ1) is 13.9. The van der Waals surface area contributed by atoms with Gasteiger partial charge in [-0.3, -0.25) is 10.2 Å². The van der Waals surface area contributed by atoms with Crippen molar-refractivity contribution in [3.63, 3.8) is 0 Å². The van der Waals surface area contributed by atoms with Crippen LogP contribution in [0.3, 0.4) is 0 Å². The van der Waals surface area contributed by atoms with Gasteiger partial charge < -0.3 is 9.30 Å². The van der Waals surface area contributed by atoms with Gasteiger partial charge in [0.1, 0.15) is 0 Å². The second kappa shape index (κ2) is 8.72. The molecule has 150 valence electrons. The van der Waals surface area contributed by atoms with Crippen LogP contribution < -0.4 is 10.3 Å². The smallest absolute Gasteiger partial charge is 0.338 e. The Morgan fingerprint density at radius 2 is 1.62 bits per heavy atom. The van der Waals surface area contributed by atoms with Crippen molar-refractivity contribution in [1.29, 1.82) is 0 Å². The Morgan fingerprint density at radius 3 is 2.28 bits per heavy atom. The molecule has 0 fully saturated rings. The van der Waals surface area contributed by atoms with E-state index in [1.807, 2.05) is 12.1 Å². The average molecular weight is 413 g/mol. The first-order valence-corrected chi connectivity index (χ1v) is 10.2. The van der Waals surface area contributed by atoms with Crippen LogP contribution in [0, 0.1) is 0 Å². The van der Waals surface area contributed by atoms with Gasteiger partial charge in [0.2, 0.25) is 0 Å². The lowest BCUT2D eigenvalue weighted by Gasteiger charge is -2.12. The summed E-state index contributed by atoms with van der Waals surface area (Å²) in [5.41, 5.74) is 3.35. The zero-order valence-electron chi connectivity index (χ0n) is 15.5. The summed E-state index contributed by atoms with van der Waals surface area (Å²) in [6.07, 6.45) is 3.56. The summed E-state index contributed by atoms with van der Waals surface area (Å²) < 4.78 is 31.5. The number of ether oxygens (including phenoxy) is 1.